The molecule has 0 bridgehead atoms. The van der Waals surface area contributed by atoms with Crippen LogP contribution in [0.2, 0.25) is 5.02 Å². The number of halogens is 2. The Morgan fingerprint density at radius 3 is 2.56 bits per heavy atom. The van der Waals surface area contributed by atoms with Gasteiger partial charge in [0, 0.05) is 57.7 Å². The van der Waals surface area contributed by atoms with Crippen LogP contribution in [0.5, 0.6) is 0 Å². The van der Waals surface area contributed by atoms with Gasteiger partial charge in [0.25, 0.3) is 5.91 Å². The van der Waals surface area contributed by atoms with Gasteiger partial charge in [0.2, 0.25) is 0 Å². The molecular formula is C27H22BrClN4O. The minimum Gasteiger partial charge on any atom is -0.350 e. The highest BCUT2D eigenvalue weighted by atomic mass is 79.9. The highest BCUT2D eigenvalue weighted by molar-refractivity contribution is 9.10. The zero-order valence-electron chi connectivity index (χ0n) is 18.5. The number of fused-ring (bicyclic) bond motifs is 2. The van der Waals surface area contributed by atoms with Gasteiger partial charge in [0.1, 0.15) is 0 Å². The number of rotatable bonds is 5. The maximum Gasteiger partial charge on any atom is 0.252 e. The van der Waals surface area contributed by atoms with Crippen molar-refractivity contribution in [3.05, 3.63) is 99.1 Å². The number of nitrogens with one attached hydrogen (secondary N) is 1. The Morgan fingerprint density at radius 1 is 1.03 bits per heavy atom. The standard InChI is InChI=1S/C27H22BrClN4O/c1-33-15-23(21-10-18(28)6-9-26(21)33)25-12-22(20-11-19(29)7-8-24(20)32-25)27(34)31-14-17-4-2-16(13-30)3-5-17/h2-12,15H,13-14,30H2,1H3,(H,31,34). The third-order valence-electron chi connectivity index (χ3n) is 5.95. The molecule has 34 heavy (non-hydrogen) atoms. The van der Waals surface area contributed by atoms with Crippen LogP contribution < -0.4 is 11.1 Å². The van der Waals surface area contributed by atoms with Crippen LogP contribution in [0.4, 0.5) is 0 Å². The lowest BCUT2D eigenvalue weighted by molar-refractivity contribution is 0.0952. The summed E-state index contributed by atoms with van der Waals surface area (Å²) in [6.07, 6.45) is 2.04. The van der Waals surface area contributed by atoms with Gasteiger partial charge in [-0.25, -0.2) is 4.98 Å². The number of carbonyl (C=O) groups is 1. The van der Waals surface area contributed by atoms with Crippen LogP contribution in [0.25, 0.3) is 33.1 Å². The van der Waals surface area contributed by atoms with E-state index < -0.39 is 0 Å². The van der Waals surface area contributed by atoms with E-state index >= 15 is 0 Å². The number of hydrogen-bond donors (Lipinski definition) is 2. The zero-order valence-corrected chi connectivity index (χ0v) is 20.8. The molecule has 0 aliphatic rings. The second-order valence-corrected chi connectivity index (χ2v) is 9.59. The maximum atomic E-state index is 13.4. The number of aryl methyl sites for hydroxylation is 1. The first-order valence-corrected chi connectivity index (χ1v) is 12.0. The van der Waals surface area contributed by atoms with Crippen molar-refractivity contribution in [2.24, 2.45) is 12.8 Å². The van der Waals surface area contributed by atoms with Crippen molar-refractivity contribution in [2.45, 2.75) is 13.1 Å². The van der Waals surface area contributed by atoms with Crippen molar-refractivity contribution in [2.75, 3.05) is 0 Å². The fraction of sp³-hybridized carbons (Fsp3) is 0.111. The van der Waals surface area contributed by atoms with Crippen LogP contribution in [-0.2, 0) is 20.1 Å². The molecule has 5 nitrogen and oxygen atoms in total. The maximum absolute atomic E-state index is 13.4. The SMILES string of the molecule is Cn1cc(-c2cc(C(=O)NCc3ccc(CN)cc3)c3cc(Cl)ccc3n2)c2cc(Br)ccc21. The minimum absolute atomic E-state index is 0.180. The molecule has 3 aromatic carbocycles. The normalized spacial score (nSPS) is 11.3. The lowest BCUT2D eigenvalue weighted by Crippen LogP contribution is -2.23. The van der Waals surface area contributed by atoms with Crippen LogP contribution in [0, 0.1) is 0 Å². The predicted octanol–water partition coefficient (Wildman–Crippen LogP) is 6.20. The third kappa shape index (κ3) is 4.32. The second-order valence-electron chi connectivity index (χ2n) is 8.23. The van der Waals surface area contributed by atoms with Gasteiger partial charge in [-0.05, 0) is 53.6 Å². The van der Waals surface area contributed by atoms with Crippen molar-refractivity contribution in [1.29, 1.82) is 0 Å². The van der Waals surface area contributed by atoms with E-state index in [9.17, 15) is 4.79 Å². The highest BCUT2D eigenvalue weighted by Gasteiger charge is 2.17. The first kappa shape index (κ1) is 22.6. The van der Waals surface area contributed by atoms with Crippen LogP contribution >= 0.6 is 27.5 Å². The summed E-state index contributed by atoms with van der Waals surface area (Å²) in [6.45, 7) is 0.897. The van der Waals surface area contributed by atoms with Crippen molar-refractivity contribution >= 4 is 55.2 Å². The topological polar surface area (TPSA) is 72.9 Å². The molecule has 3 N–H and O–H groups in total. The van der Waals surface area contributed by atoms with Gasteiger partial charge < -0.3 is 15.6 Å². The molecule has 2 heterocycles. The lowest BCUT2D eigenvalue weighted by atomic mass is 10.0. The Kier molecular flexibility index (Phi) is 6.13. The highest BCUT2D eigenvalue weighted by Crippen LogP contribution is 2.34. The molecule has 0 fully saturated rings. The Balaban J connectivity index is 1.58. The second kappa shape index (κ2) is 9.22. The Bertz CT molecular complexity index is 1540. The number of hydrogen-bond acceptors (Lipinski definition) is 3. The largest absolute Gasteiger partial charge is 0.350 e. The first-order chi connectivity index (χ1) is 16.4. The van der Waals surface area contributed by atoms with Gasteiger partial charge >= 0.3 is 0 Å². The summed E-state index contributed by atoms with van der Waals surface area (Å²) in [7, 11) is 2.00. The molecule has 7 heteroatoms. The number of carbonyl (C=O) groups excluding carboxylic acids is 1. The quantitative estimate of drug-likeness (QED) is 0.283. The van der Waals surface area contributed by atoms with Gasteiger partial charge in [-0.3, -0.25) is 4.79 Å². The molecule has 0 atom stereocenters. The lowest BCUT2D eigenvalue weighted by Gasteiger charge is -2.11. The summed E-state index contributed by atoms with van der Waals surface area (Å²) in [4.78, 5) is 18.2. The number of nitrogens with zero attached hydrogens (tertiary/aromatic N) is 2. The average Bonchev–Trinajstić information content (AvgIpc) is 3.17. The van der Waals surface area contributed by atoms with Crippen LogP contribution in [-0.4, -0.2) is 15.5 Å². The zero-order chi connectivity index (χ0) is 23.8. The number of nitrogens with two attached hydrogens (primary N) is 1. The number of amides is 1. The Labute approximate surface area is 210 Å². The van der Waals surface area contributed by atoms with E-state index in [1.807, 2.05) is 55.7 Å². The van der Waals surface area contributed by atoms with E-state index in [-0.39, 0.29) is 5.91 Å². The van der Waals surface area contributed by atoms with Crippen molar-refractivity contribution in [3.8, 4) is 11.3 Å². The van der Waals surface area contributed by atoms with E-state index in [2.05, 4.69) is 37.9 Å². The molecule has 1 amide bonds. The summed E-state index contributed by atoms with van der Waals surface area (Å²) in [5.41, 5.74) is 11.8. The van der Waals surface area contributed by atoms with Crippen molar-refractivity contribution in [3.63, 3.8) is 0 Å². The van der Waals surface area contributed by atoms with Crippen LogP contribution in [0.1, 0.15) is 21.5 Å². The Hall–Kier alpha value is -3.19. The van der Waals surface area contributed by atoms with E-state index in [4.69, 9.17) is 22.3 Å². The van der Waals surface area contributed by atoms with Crippen LogP contribution in [0.15, 0.2) is 77.4 Å². The van der Waals surface area contributed by atoms with Gasteiger partial charge in [-0.15, -0.1) is 0 Å². The summed E-state index contributed by atoms with van der Waals surface area (Å²) < 4.78 is 3.05. The molecule has 0 saturated heterocycles. The van der Waals surface area contributed by atoms with Crippen LogP contribution in [0.3, 0.4) is 0 Å². The monoisotopic (exact) mass is 532 g/mol. The fourth-order valence-corrected chi connectivity index (χ4v) is 4.70. The van der Waals surface area contributed by atoms with Crippen molar-refractivity contribution < 1.29 is 4.79 Å². The molecule has 0 saturated carbocycles. The van der Waals surface area contributed by atoms with E-state index in [0.717, 1.165) is 37.8 Å². The molecule has 170 valence electrons. The number of aromatic nitrogens is 2. The van der Waals surface area contributed by atoms with Gasteiger partial charge in [-0.1, -0.05) is 51.8 Å². The molecule has 5 aromatic rings. The minimum atomic E-state index is -0.180. The first-order valence-electron chi connectivity index (χ1n) is 10.8. The van der Waals surface area contributed by atoms with Gasteiger partial charge in [0.15, 0.2) is 0 Å². The number of benzene rings is 3. The fourth-order valence-electron chi connectivity index (χ4n) is 4.16. The van der Waals surface area contributed by atoms with Gasteiger partial charge in [-0.2, -0.15) is 0 Å². The summed E-state index contributed by atoms with van der Waals surface area (Å²) in [5.74, 6) is -0.180. The summed E-state index contributed by atoms with van der Waals surface area (Å²) in [5, 5.41) is 5.37. The predicted molar refractivity (Wildman–Crippen MR) is 142 cm³/mol. The molecule has 5 rings (SSSR count). The molecule has 0 aliphatic carbocycles. The summed E-state index contributed by atoms with van der Waals surface area (Å²) in [6, 6.07) is 21.3. The number of pyridine rings is 1. The molecule has 0 radical (unpaired) electrons. The smallest absolute Gasteiger partial charge is 0.252 e. The molecule has 0 spiro atoms. The average molecular weight is 534 g/mol. The Morgan fingerprint density at radius 2 is 1.79 bits per heavy atom. The van der Waals surface area contributed by atoms with E-state index in [0.29, 0.717) is 34.6 Å². The third-order valence-corrected chi connectivity index (χ3v) is 6.68. The van der Waals surface area contributed by atoms with Crippen molar-refractivity contribution in [1.82, 2.24) is 14.9 Å². The molecule has 0 aliphatic heterocycles. The van der Waals surface area contributed by atoms with Gasteiger partial charge in [0.05, 0.1) is 16.8 Å². The van der Waals surface area contributed by atoms with E-state index in [1.54, 1.807) is 12.1 Å². The molecule has 2 aromatic heterocycles. The molecule has 0 unspecified atom stereocenters. The molecular weight excluding hydrogens is 512 g/mol. The summed E-state index contributed by atoms with van der Waals surface area (Å²) >= 11 is 9.84. The van der Waals surface area contributed by atoms with E-state index in [1.165, 1.54) is 0 Å².